The van der Waals surface area contributed by atoms with Gasteiger partial charge < -0.3 is 10.8 Å². The van der Waals surface area contributed by atoms with Crippen molar-refractivity contribution in [3.05, 3.63) is 11.8 Å². The van der Waals surface area contributed by atoms with Crippen molar-refractivity contribution in [1.82, 2.24) is 0 Å². The SMILES string of the molecule is CC(C)[C@@H]1CC[C@]2(C(=O)O)CC[C@]3(C)[C@H](CC[C@@H]4[C@@]5(C)C=C(N)C(=O)C(C)(C)[C@@H]5CC[C@]43C)[C@@H]12. The van der Waals surface area contributed by atoms with Gasteiger partial charge in [-0.25, -0.2) is 0 Å². The van der Waals surface area contributed by atoms with Crippen LogP contribution in [-0.2, 0) is 9.59 Å². The van der Waals surface area contributed by atoms with Gasteiger partial charge in [0.1, 0.15) is 0 Å². The Labute approximate surface area is 206 Å². The summed E-state index contributed by atoms with van der Waals surface area (Å²) in [7, 11) is 0. The van der Waals surface area contributed by atoms with E-state index in [0.29, 0.717) is 35.3 Å². The molecule has 0 aromatic carbocycles. The summed E-state index contributed by atoms with van der Waals surface area (Å²) >= 11 is 0. The molecule has 0 radical (unpaired) electrons. The second-order valence-electron chi connectivity index (χ2n) is 14.6. The number of nitrogens with two attached hydrogens (primary N) is 1. The Morgan fingerprint density at radius 2 is 1.62 bits per heavy atom. The molecule has 5 aliphatic rings. The first-order valence-electron chi connectivity index (χ1n) is 13.9. The molecule has 5 rings (SSSR count). The Kier molecular flexibility index (Phi) is 5.11. The smallest absolute Gasteiger partial charge is 0.309 e. The van der Waals surface area contributed by atoms with Crippen molar-refractivity contribution < 1.29 is 14.7 Å². The fourth-order valence-corrected chi connectivity index (χ4v) is 11.3. The van der Waals surface area contributed by atoms with Crippen LogP contribution in [0.4, 0.5) is 0 Å². The minimum atomic E-state index is -0.533. The van der Waals surface area contributed by atoms with Gasteiger partial charge in [0, 0.05) is 5.41 Å². The van der Waals surface area contributed by atoms with Gasteiger partial charge in [0.25, 0.3) is 0 Å². The number of Topliss-reactive ketones (excluding diaryl/α,β-unsaturated/α-hetero) is 1. The quantitative estimate of drug-likeness (QED) is 0.488. The summed E-state index contributed by atoms with van der Waals surface area (Å²) in [5.74, 6) is 2.17. The predicted molar refractivity (Wildman–Crippen MR) is 135 cm³/mol. The van der Waals surface area contributed by atoms with Crippen LogP contribution in [-0.4, -0.2) is 16.9 Å². The molecule has 0 saturated heterocycles. The third kappa shape index (κ3) is 2.67. The summed E-state index contributed by atoms with van der Waals surface area (Å²) in [4.78, 5) is 25.8. The highest BCUT2D eigenvalue weighted by Gasteiger charge is 2.72. The zero-order valence-electron chi connectivity index (χ0n) is 22.5. The largest absolute Gasteiger partial charge is 0.481 e. The van der Waals surface area contributed by atoms with Crippen molar-refractivity contribution in [1.29, 1.82) is 0 Å². The Balaban J connectivity index is 1.60. The monoisotopic (exact) mass is 469 g/mol. The Morgan fingerprint density at radius 1 is 0.941 bits per heavy atom. The van der Waals surface area contributed by atoms with Gasteiger partial charge in [0.05, 0.1) is 11.1 Å². The van der Waals surface area contributed by atoms with Gasteiger partial charge in [-0.2, -0.15) is 0 Å². The first kappa shape index (κ1) is 24.4. The lowest BCUT2D eigenvalue weighted by Crippen LogP contribution is -2.66. The predicted octanol–water partition coefficient (Wildman–Crippen LogP) is 6.44. The molecule has 0 unspecified atom stereocenters. The zero-order valence-corrected chi connectivity index (χ0v) is 22.5. The van der Waals surface area contributed by atoms with Crippen LogP contribution in [0, 0.1) is 62.6 Å². The van der Waals surface area contributed by atoms with E-state index in [1.807, 2.05) is 0 Å². The molecule has 0 aromatic rings. The van der Waals surface area contributed by atoms with Crippen LogP contribution in [0.3, 0.4) is 0 Å². The number of ketones is 1. The fourth-order valence-electron chi connectivity index (χ4n) is 11.3. The number of carboxylic acids is 1. The fraction of sp³-hybridized carbons (Fsp3) is 0.867. The minimum Gasteiger partial charge on any atom is -0.481 e. The van der Waals surface area contributed by atoms with Gasteiger partial charge in [0.15, 0.2) is 5.78 Å². The van der Waals surface area contributed by atoms with Gasteiger partial charge in [-0.15, -0.1) is 0 Å². The lowest BCUT2D eigenvalue weighted by molar-refractivity contribution is -0.223. The number of carboxylic acid groups (broad SMARTS) is 1. The normalized spacial score (nSPS) is 51.7. The second kappa shape index (κ2) is 7.13. The molecular weight excluding hydrogens is 422 g/mol. The van der Waals surface area contributed by atoms with E-state index in [4.69, 9.17) is 5.73 Å². The number of fused-ring (bicyclic) bond motifs is 7. The molecule has 0 aliphatic heterocycles. The van der Waals surface area contributed by atoms with Crippen molar-refractivity contribution in [3.63, 3.8) is 0 Å². The molecule has 9 atom stereocenters. The number of allylic oxidation sites excluding steroid dienone is 2. The van der Waals surface area contributed by atoms with E-state index in [0.717, 1.165) is 51.4 Å². The molecule has 5 aliphatic carbocycles. The maximum atomic E-state index is 13.1. The van der Waals surface area contributed by atoms with Crippen LogP contribution < -0.4 is 5.73 Å². The first-order chi connectivity index (χ1) is 15.7. The van der Waals surface area contributed by atoms with Crippen molar-refractivity contribution in [2.75, 3.05) is 0 Å². The van der Waals surface area contributed by atoms with Crippen LogP contribution in [0.5, 0.6) is 0 Å². The van der Waals surface area contributed by atoms with Crippen molar-refractivity contribution in [3.8, 4) is 0 Å². The summed E-state index contributed by atoms with van der Waals surface area (Å²) in [6.45, 7) is 16.3. The molecule has 4 fully saturated rings. The summed E-state index contributed by atoms with van der Waals surface area (Å²) < 4.78 is 0. The number of aliphatic carboxylic acids is 1. The Morgan fingerprint density at radius 3 is 2.24 bits per heavy atom. The summed E-state index contributed by atoms with van der Waals surface area (Å²) in [5, 5.41) is 10.5. The zero-order chi connectivity index (χ0) is 25.1. The maximum Gasteiger partial charge on any atom is 0.309 e. The topological polar surface area (TPSA) is 80.4 Å². The van der Waals surface area contributed by atoms with Crippen LogP contribution >= 0.6 is 0 Å². The highest BCUT2D eigenvalue weighted by atomic mass is 16.4. The van der Waals surface area contributed by atoms with Crippen molar-refractivity contribution in [2.45, 2.75) is 99.8 Å². The third-order valence-corrected chi connectivity index (χ3v) is 13.1. The van der Waals surface area contributed by atoms with Gasteiger partial charge in [-0.1, -0.05) is 54.5 Å². The molecule has 3 N–H and O–H groups in total. The molecule has 0 bridgehead atoms. The minimum absolute atomic E-state index is 0.0864. The van der Waals surface area contributed by atoms with E-state index < -0.39 is 16.8 Å². The highest BCUT2D eigenvalue weighted by molar-refractivity contribution is 6.00. The van der Waals surface area contributed by atoms with Gasteiger partial charge in [-0.3, -0.25) is 9.59 Å². The Hall–Kier alpha value is -1.32. The average molecular weight is 470 g/mol. The molecule has 4 nitrogen and oxygen atoms in total. The van der Waals surface area contributed by atoms with Crippen LogP contribution in [0.25, 0.3) is 0 Å². The van der Waals surface area contributed by atoms with Crippen molar-refractivity contribution >= 4 is 11.8 Å². The molecule has 190 valence electrons. The van der Waals surface area contributed by atoms with E-state index >= 15 is 0 Å². The van der Waals surface area contributed by atoms with E-state index in [-0.39, 0.29) is 27.9 Å². The second-order valence-corrected chi connectivity index (χ2v) is 14.6. The first-order valence-corrected chi connectivity index (χ1v) is 13.9. The number of hydrogen-bond donors (Lipinski definition) is 2. The molecule has 0 aromatic heterocycles. The van der Waals surface area contributed by atoms with Gasteiger partial charge >= 0.3 is 5.97 Å². The number of carbonyl (C=O) groups is 2. The molecule has 4 heteroatoms. The number of hydrogen-bond acceptors (Lipinski definition) is 3. The standard InChI is InChI=1S/C30H47NO3/c1-17(2)18-10-13-30(25(33)34)15-14-28(6)19(23(18)30)8-9-22-27(5)16-20(31)24(32)26(3,4)21(27)11-12-29(22,28)7/h16-19,21-23H,8-15,31H2,1-7H3,(H,33,34)/t18-,19+,21-,22+,23+,27-,28+,29+,30-/m0/s1. The Bertz CT molecular complexity index is 951. The van der Waals surface area contributed by atoms with Crippen LogP contribution in [0.1, 0.15) is 99.8 Å². The molecule has 4 saturated carbocycles. The van der Waals surface area contributed by atoms with E-state index in [9.17, 15) is 14.7 Å². The third-order valence-electron chi connectivity index (χ3n) is 13.1. The molecular formula is C30H47NO3. The van der Waals surface area contributed by atoms with E-state index in [1.54, 1.807) is 0 Å². The summed E-state index contributed by atoms with van der Waals surface area (Å²) in [6.07, 6.45) is 10.3. The lowest BCUT2D eigenvalue weighted by atomic mass is 9.33. The van der Waals surface area contributed by atoms with Crippen LogP contribution in [0.15, 0.2) is 11.8 Å². The van der Waals surface area contributed by atoms with Crippen molar-refractivity contribution in [2.24, 2.45) is 68.3 Å². The lowest BCUT2D eigenvalue weighted by Gasteiger charge is -2.71. The molecule has 0 spiro atoms. The molecule has 0 heterocycles. The van der Waals surface area contributed by atoms with E-state index in [2.05, 4.69) is 54.5 Å². The molecule has 0 amide bonds. The summed E-state index contributed by atoms with van der Waals surface area (Å²) in [5.41, 5.74) is 6.08. The maximum absolute atomic E-state index is 13.1. The summed E-state index contributed by atoms with van der Waals surface area (Å²) in [6, 6.07) is 0. The average Bonchev–Trinajstić information content (AvgIpc) is 3.14. The van der Waals surface area contributed by atoms with Gasteiger partial charge in [0.2, 0.25) is 0 Å². The number of carbonyl (C=O) groups excluding carboxylic acids is 1. The van der Waals surface area contributed by atoms with Gasteiger partial charge in [-0.05, 0) is 103 Å². The van der Waals surface area contributed by atoms with E-state index in [1.165, 1.54) is 0 Å². The van der Waals surface area contributed by atoms with Crippen LogP contribution in [0.2, 0.25) is 0 Å². The highest BCUT2D eigenvalue weighted by Crippen LogP contribution is 2.77. The number of rotatable bonds is 2. The molecule has 34 heavy (non-hydrogen) atoms.